The van der Waals surface area contributed by atoms with Crippen LogP contribution in [0.3, 0.4) is 0 Å². The number of hydrogen-bond acceptors (Lipinski definition) is 8. The van der Waals surface area contributed by atoms with E-state index >= 15 is 0 Å². The van der Waals surface area contributed by atoms with Gasteiger partial charge in [0.15, 0.2) is 0 Å². The molecule has 1 aromatic carbocycles. The molecule has 1 atom stereocenters. The first-order chi connectivity index (χ1) is 18.0. The molecular formula is C25H30N4O7S2. The van der Waals surface area contributed by atoms with Crippen LogP contribution in [0.5, 0.6) is 0 Å². The van der Waals surface area contributed by atoms with Crippen LogP contribution in [0.15, 0.2) is 29.2 Å². The number of fused-ring (bicyclic) bond motifs is 1. The number of benzene rings is 1. The largest absolute Gasteiger partial charge is 0.453 e. The van der Waals surface area contributed by atoms with Crippen molar-refractivity contribution in [2.45, 2.75) is 57.0 Å². The van der Waals surface area contributed by atoms with Gasteiger partial charge in [0.25, 0.3) is 11.8 Å². The molecule has 0 radical (unpaired) electrons. The zero-order valence-electron chi connectivity index (χ0n) is 21.4. The van der Waals surface area contributed by atoms with E-state index < -0.39 is 27.9 Å². The lowest BCUT2D eigenvalue weighted by molar-refractivity contribution is -0.129. The minimum Gasteiger partial charge on any atom is -0.453 e. The molecule has 204 valence electrons. The Hall–Kier alpha value is -3.29. The number of rotatable bonds is 5. The average Bonchev–Trinajstić information content (AvgIpc) is 3.25. The van der Waals surface area contributed by atoms with E-state index in [1.807, 2.05) is 6.92 Å². The van der Waals surface area contributed by atoms with Crippen molar-refractivity contribution in [3.63, 3.8) is 0 Å². The van der Waals surface area contributed by atoms with E-state index in [2.05, 4.69) is 15.4 Å². The molecule has 1 fully saturated rings. The van der Waals surface area contributed by atoms with Crippen LogP contribution in [0.2, 0.25) is 0 Å². The lowest BCUT2D eigenvalue weighted by Gasteiger charge is -2.32. The third-order valence-corrected chi connectivity index (χ3v) is 9.98. The molecule has 0 saturated carbocycles. The zero-order chi connectivity index (χ0) is 27.6. The first kappa shape index (κ1) is 27.7. The molecule has 4 rings (SSSR count). The molecule has 3 heterocycles. The van der Waals surface area contributed by atoms with Gasteiger partial charge in [0.05, 0.1) is 24.1 Å². The Kier molecular flexibility index (Phi) is 8.19. The summed E-state index contributed by atoms with van der Waals surface area (Å²) in [4.78, 5) is 52.1. The summed E-state index contributed by atoms with van der Waals surface area (Å²) in [7, 11) is -2.55. The van der Waals surface area contributed by atoms with Crippen molar-refractivity contribution in [1.82, 2.24) is 14.5 Å². The topological polar surface area (TPSA) is 142 Å². The van der Waals surface area contributed by atoms with Crippen molar-refractivity contribution < 1.29 is 32.3 Å². The molecule has 13 heteroatoms. The summed E-state index contributed by atoms with van der Waals surface area (Å²) in [5.74, 6) is -1.38. The fourth-order valence-corrected chi connectivity index (χ4v) is 7.68. The van der Waals surface area contributed by atoms with Gasteiger partial charge in [0.2, 0.25) is 15.9 Å². The molecule has 0 aliphatic carbocycles. The molecule has 0 bridgehead atoms. The summed E-state index contributed by atoms with van der Waals surface area (Å²) < 4.78 is 32.2. The van der Waals surface area contributed by atoms with Gasteiger partial charge >= 0.3 is 6.09 Å². The van der Waals surface area contributed by atoms with Gasteiger partial charge in [-0.05, 0) is 56.0 Å². The third kappa shape index (κ3) is 5.59. The summed E-state index contributed by atoms with van der Waals surface area (Å²) >= 11 is 1.15. The summed E-state index contributed by atoms with van der Waals surface area (Å²) in [5.41, 5.74) is 0.998. The van der Waals surface area contributed by atoms with E-state index in [1.165, 1.54) is 35.5 Å². The Morgan fingerprint density at radius 3 is 2.39 bits per heavy atom. The van der Waals surface area contributed by atoms with Crippen molar-refractivity contribution >= 4 is 50.2 Å². The SMILES string of the molecule is COC(=O)NC(=O)c1c(NC(=O)c2ccc(S(=O)(=O)N3CCCCC3C)cc2)sc2c1CCN(C(C)=O)C2. The number of sulfonamides is 1. The van der Waals surface area contributed by atoms with E-state index in [4.69, 9.17) is 0 Å². The second kappa shape index (κ2) is 11.2. The smallest absolute Gasteiger partial charge is 0.413 e. The molecule has 1 aromatic heterocycles. The van der Waals surface area contributed by atoms with E-state index in [1.54, 1.807) is 4.90 Å². The molecule has 1 saturated heterocycles. The number of alkyl carbamates (subject to hydrolysis) is 1. The molecule has 11 nitrogen and oxygen atoms in total. The van der Waals surface area contributed by atoms with Crippen LogP contribution in [0.25, 0.3) is 0 Å². The number of nitrogens with one attached hydrogen (secondary N) is 2. The van der Waals surface area contributed by atoms with Gasteiger partial charge in [-0.1, -0.05) is 6.42 Å². The molecule has 2 aromatic rings. The Morgan fingerprint density at radius 2 is 1.76 bits per heavy atom. The quantitative estimate of drug-likeness (QED) is 0.571. The minimum atomic E-state index is -3.68. The van der Waals surface area contributed by atoms with Crippen LogP contribution in [-0.2, 0) is 32.5 Å². The second-order valence-corrected chi connectivity index (χ2v) is 12.3. The van der Waals surface area contributed by atoms with Crippen molar-refractivity contribution in [3.05, 3.63) is 45.8 Å². The average molecular weight is 563 g/mol. The maximum Gasteiger partial charge on any atom is 0.413 e. The summed E-state index contributed by atoms with van der Waals surface area (Å²) in [5, 5.41) is 5.09. The van der Waals surface area contributed by atoms with Crippen LogP contribution >= 0.6 is 11.3 Å². The van der Waals surface area contributed by atoms with Crippen LogP contribution < -0.4 is 10.6 Å². The summed E-state index contributed by atoms with van der Waals surface area (Å²) in [6.45, 7) is 4.50. The van der Waals surface area contributed by atoms with Gasteiger partial charge in [-0.2, -0.15) is 4.31 Å². The predicted octanol–water partition coefficient (Wildman–Crippen LogP) is 2.96. The van der Waals surface area contributed by atoms with E-state index in [-0.39, 0.29) is 39.5 Å². The standard InChI is InChI=1S/C25H30N4O7S2/c1-15-6-4-5-12-29(15)38(34,35)18-9-7-17(8-10-18)22(31)26-24-21(23(32)27-25(33)36-3)19-11-13-28(16(2)30)14-20(19)37-24/h7-10,15H,4-6,11-14H2,1-3H3,(H,26,31)(H,27,32,33). The minimum absolute atomic E-state index is 0.0879. The molecular weight excluding hydrogens is 532 g/mol. The Bertz CT molecular complexity index is 1370. The number of ether oxygens (including phenoxy) is 1. The molecule has 0 spiro atoms. The second-order valence-electron chi connectivity index (χ2n) is 9.28. The normalized spacial score (nSPS) is 17.9. The van der Waals surface area contributed by atoms with Gasteiger partial charge in [0, 0.05) is 36.5 Å². The molecule has 2 N–H and O–H groups in total. The predicted molar refractivity (Wildman–Crippen MR) is 141 cm³/mol. The molecule has 2 aliphatic heterocycles. The maximum atomic E-state index is 13.1. The van der Waals surface area contributed by atoms with Gasteiger partial charge in [-0.25, -0.2) is 13.2 Å². The number of anilines is 1. The van der Waals surface area contributed by atoms with Gasteiger partial charge < -0.3 is 15.0 Å². The van der Waals surface area contributed by atoms with E-state index in [0.717, 1.165) is 42.6 Å². The summed E-state index contributed by atoms with van der Waals surface area (Å²) in [6.07, 6.45) is 2.05. The van der Waals surface area contributed by atoms with Crippen molar-refractivity contribution in [2.75, 3.05) is 25.5 Å². The number of amides is 4. The first-order valence-electron chi connectivity index (χ1n) is 12.3. The van der Waals surface area contributed by atoms with E-state index in [0.29, 0.717) is 25.1 Å². The number of imide groups is 1. The number of thiophene rings is 1. The zero-order valence-corrected chi connectivity index (χ0v) is 23.0. The molecule has 4 amide bonds. The highest BCUT2D eigenvalue weighted by molar-refractivity contribution is 7.89. The van der Waals surface area contributed by atoms with Crippen LogP contribution in [0, 0.1) is 0 Å². The number of carbonyl (C=O) groups is 4. The van der Waals surface area contributed by atoms with Crippen LogP contribution in [0.4, 0.5) is 9.80 Å². The van der Waals surface area contributed by atoms with Crippen LogP contribution in [0.1, 0.15) is 64.3 Å². The Balaban J connectivity index is 1.59. The van der Waals surface area contributed by atoms with Crippen molar-refractivity contribution in [2.24, 2.45) is 0 Å². The van der Waals surface area contributed by atoms with Gasteiger partial charge in [-0.3, -0.25) is 19.7 Å². The van der Waals surface area contributed by atoms with Gasteiger partial charge in [-0.15, -0.1) is 11.3 Å². The number of nitrogens with zero attached hydrogens (tertiary/aromatic N) is 2. The van der Waals surface area contributed by atoms with Crippen molar-refractivity contribution in [3.8, 4) is 0 Å². The molecule has 1 unspecified atom stereocenters. The number of carbonyl (C=O) groups excluding carboxylic acids is 4. The highest BCUT2D eigenvalue weighted by atomic mass is 32.2. The third-order valence-electron chi connectivity index (χ3n) is 6.82. The first-order valence-corrected chi connectivity index (χ1v) is 14.5. The van der Waals surface area contributed by atoms with E-state index in [9.17, 15) is 27.6 Å². The van der Waals surface area contributed by atoms with Crippen molar-refractivity contribution in [1.29, 1.82) is 0 Å². The number of piperidine rings is 1. The monoisotopic (exact) mass is 562 g/mol. The molecule has 38 heavy (non-hydrogen) atoms. The lowest BCUT2D eigenvalue weighted by Crippen LogP contribution is -2.41. The molecule has 2 aliphatic rings. The maximum absolute atomic E-state index is 13.1. The summed E-state index contributed by atoms with van der Waals surface area (Å²) in [6, 6.07) is 5.57. The Labute approximate surface area is 225 Å². The fraction of sp³-hybridized carbons (Fsp3) is 0.440. The highest BCUT2D eigenvalue weighted by Gasteiger charge is 2.32. The highest BCUT2D eigenvalue weighted by Crippen LogP contribution is 2.37. The van der Waals surface area contributed by atoms with Crippen LogP contribution in [-0.4, -0.2) is 67.7 Å². The number of hydrogen-bond donors (Lipinski definition) is 2. The Morgan fingerprint density at radius 1 is 1.05 bits per heavy atom. The number of methoxy groups -OCH3 is 1. The van der Waals surface area contributed by atoms with Gasteiger partial charge in [0.1, 0.15) is 5.00 Å². The lowest BCUT2D eigenvalue weighted by atomic mass is 10.0. The fourth-order valence-electron chi connectivity index (χ4n) is 4.72.